The van der Waals surface area contributed by atoms with Gasteiger partial charge in [0.05, 0.1) is 34.2 Å². The molecule has 2 unspecified atom stereocenters. The monoisotopic (exact) mass is 450 g/mol. The van der Waals surface area contributed by atoms with E-state index in [9.17, 15) is 0 Å². The van der Waals surface area contributed by atoms with E-state index in [4.69, 9.17) is 24.3 Å². The minimum Gasteiger partial charge on any atom is -0.390 e. The molecule has 1 aliphatic carbocycles. The molecule has 2 aliphatic rings. The van der Waals surface area contributed by atoms with Crippen molar-refractivity contribution in [3.05, 3.63) is 53.6 Å². The molecular weight excluding hydrogens is 424 g/mol. The number of hydrogen-bond donors (Lipinski definition) is 0. The maximum absolute atomic E-state index is 5.72. The van der Waals surface area contributed by atoms with Gasteiger partial charge in [-0.05, 0) is 63.8 Å². The lowest BCUT2D eigenvalue weighted by atomic mass is 9.94. The van der Waals surface area contributed by atoms with Gasteiger partial charge in [-0.1, -0.05) is 11.2 Å². The minimum absolute atomic E-state index is 0.0649. The summed E-state index contributed by atoms with van der Waals surface area (Å²) in [5, 5.41) is 5.37. The molecule has 1 aliphatic heterocycles. The van der Waals surface area contributed by atoms with Gasteiger partial charge in [0.25, 0.3) is 0 Å². The van der Waals surface area contributed by atoms with E-state index in [1.807, 2.05) is 39.1 Å². The van der Waals surface area contributed by atoms with E-state index in [-0.39, 0.29) is 25.1 Å². The molecule has 0 amide bonds. The van der Waals surface area contributed by atoms with E-state index in [1.54, 1.807) is 17.5 Å². The SMILES string of the molecule is Cc1nc(-c2cccnc2)sc1-c1ccc2c(n1)C(=NOCC1OC(C)C(C)O1)CCC2. The van der Waals surface area contributed by atoms with Crippen LogP contribution in [0.15, 0.2) is 41.8 Å². The second kappa shape index (κ2) is 9.05. The highest BCUT2D eigenvalue weighted by Crippen LogP contribution is 2.35. The zero-order valence-corrected chi connectivity index (χ0v) is 19.3. The first-order valence-corrected chi connectivity index (χ1v) is 11.8. The Balaban J connectivity index is 1.38. The zero-order chi connectivity index (χ0) is 22.1. The Kier molecular flexibility index (Phi) is 5.99. The van der Waals surface area contributed by atoms with Crippen molar-refractivity contribution in [2.45, 2.75) is 58.5 Å². The van der Waals surface area contributed by atoms with Crippen molar-refractivity contribution < 1.29 is 14.3 Å². The van der Waals surface area contributed by atoms with Crippen molar-refractivity contribution in [1.82, 2.24) is 15.0 Å². The number of thiazole rings is 1. The Bertz CT molecular complexity index is 1120. The maximum Gasteiger partial charge on any atom is 0.195 e. The summed E-state index contributed by atoms with van der Waals surface area (Å²) in [5.74, 6) is 0. The van der Waals surface area contributed by atoms with Crippen LogP contribution in [0, 0.1) is 6.92 Å². The average molecular weight is 451 g/mol. The second-order valence-electron chi connectivity index (χ2n) is 8.18. The van der Waals surface area contributed by atoms with Crippen molar-refractivity contribution in [2.75, 3.05) is 6.61 Å². The molecule has 1 fully saturated rings. The van der Waals surface area contributed by atoms with Crippen LogP contribution >= 0.6 is 11.3 Å². The number of fused-ring (bicyclic) bond motifs is 1. The van der Waals surface area contributed by atoms with Crippen LogP contribution in [0.1, 0.15) is 43.6 Å². The van der Waals surface area contributed by atoms with E-state index >= 15 is 0 Å². The van der Waals surface area contributed by atoms with Gasteiger partial charge >= 0.3 is 0 Å². The molecule has 0 saturated carbocycles. The van der Waals surface area contributed by atoms with Crippen LogP contribution in [0.3, 0.4) is 0 Å². The van der Waals surface area contributed by atoms with E-state index < -0.39 is 0 Å². The molecule has 1 saturated heterocycles. The van der Waals surface area contributed by atoms with Crippen molar-refractivity contribution in [3.63, 3.8) is 0 Å². The highest BCUT2D eigenvalue weighted by Gasteiger charge is 2.30. The van der Waals surface area contributed by atoms with Crippen molar-refractivity contribution in [1.29, 1.82) is 0 Å². The summed E-state index contributed by atoms with van der Waals surface area (Å²) < 4.78 is 11.4. The van der Waals surface area contributed by atoms with E-state index in [0.717, 1.165) is 57.5 Å². The van der Waals surface area contributed by atoms with Gasteiger partial charge in [-0.25, -0.2) is 9.97 Å². The molecule has 0 bridgehead atoms. The quantitative estimate of drug-likeness (QED) is 0.521. The van der Waals surface area contributed by atoms with Gasteiger partial charge in [0.1, 0.15) is 10.7 Å². The first-order chi connectivity index (χ1) is 15.6. The Morgan fingerprint density at radius 1 is 1.12 bits per heavy atom. The number of hydrogen-bond acceptors (Lipinski definition) is 8. The van der Waals surface area contributed by atoms with Crippen LogP contribution in [0.25, 0.3) is 21.1 Å². The normalized spacial score (nSPS) is 24.0. The topological polar surface area (TPSA) is 78.7 Å². The third kappa shape index (κ3) is 4.30. The molecule has 5 rings (SSSR count). The molecule has 166 valence electrons. The first kappa shape index (κ1) is 21.2. The van der Waals surface area contributed by atoms with Gasteiger partial charge < -0.3 is 14.3 Å². The number of nitrogens with zero attached hydrogens (tertiary/aromatic N) is 4. The van der Waals surface area contributed by atoms with Gasteiger partial charge in [0.2, 0.25) is 0 Å². The zero-order valence-electron chi connectivity index (χ0n) is 18.4. The highest BCUT2D eigenvalue weighted by atomic mass is 32.1. The minimum atomic E-state index is -0.377. The van der Waals surface area contributed by atoms with Crippen LogP contribution in [-0.2, 0) is 20.7 Å². The van der Waals surface area contributed by atoms with Crippen LogP contribution in [0.2, 0.25) is 0 Å². The standard InChI is InChI=1S/C24H26N4O3S/c1-14-23(32-24(26-14)18-7-5-11-25-12-18)20-10-9-17-6-4-8-19(22(17)27-20)28-29-13-21-30-15(2)16(3)31-21/h5,7,9-12,15-16,21H,4,6,8,13H2,1-3H3. The molecule has 0 spiro atoms. The lowest BCUT2D eigenvalue weighted by molar-refractivity contribution is -0.109. The molecule has 0 aromatic carbocycles. The molecule has 2 atom stereocenters. The van der Waals surface area contributed by atoms with Crippen LogP contribution in [0.4, 0.5) is 0 Å². The number of rotatable bonds is 5. The maximum atomic E-state index is 5.72. The summed E-state index contributed by atoms with van der Waals surface area (Å²) in [6.45, 7) is 6.30. The first-order valence-electron chi connectivity index (χ1n) is 11.0. The Morgan fingerprint density at radius 2 is 1.97 bits per heavy atom. The summed E-state index contributed by atoms with van der Waals surface area (Å²) in [5.41, 5.74) is 5.88. The predicted octanol–water partition coefficient (Wildman–Crippen LogP) is 4.78. The number of pyridine rings is 2. The van der Waals surface area contributed by atoms with Gasteiger partial charge in [-0.3, -0.25) is 4.98 Å². The molecule has 8 heteroatoms. The highest BCUT2D eigenvalue weighted by molar-refractivity contribution is 7.18. The molecule has 7 nitrogen and oxygen atoms in total. The average Bonchev–Trinajstić information content (AvgIpc) is 3.35. The van der Waals surface area contributed by atoms with Crippen molar-refractivity contribution >= 4 is 17.0 Å². The lowest BCUT2D eigenvalue weighted by Gasteiger charge is -2.17. The fraction of sp³-hybridized carbons (Fsp3) is 0.417. The molecule has 3 aromatic rings. The molecule has 4 heterocycles. The fourth-order valence-corrected chi connectivity index (χ4v) is 4.98. The number of aryl methyl sites for hydroxylation is 2. The van der Waals surface area contributed by atoms with Gasteiger partial charge in [0, 0.05) is 18.0 Å². The number of aromatic nitrogens is 3. The van der Waals surface area contributed by atoms with E-state index in [2.05, 4.69) is 22.3 Å². The van der Waals surface area contributed by atoms with E-state index in [0.29, 0.717) is 0 Å². The Morgan fingerprint density at radius 3 is 2.75 bits per heavy atom. The Labute approximate surface area is 191 Å². The summed E-state index contributed by atoms with van der Waals surface area (Å²) in [7, 11) is 0. The number of ether oxygens (including phenoxy) is 2. The smallest absolute Gasteiger partial charge is 0.195 e. The molecule has 3 aromatic heterocycles. The van der Waals surface area contributed by atoms with Crippen LogP contribution < -0.4 is 0 Å². The molecule has 0 N–H and O–H groups in total. The molecule has 0 radical (unpaired) electrons. The fourth-order valence-electron chi connectivity index (χ4n) is 3.95. The molecular formula is C24H26N4O3S. The third-order valence-electron chi connectivity index (χ3n) is 5.83. The van der Waals surface area contributed by atoms with Gasteiger partial charge in [0.15, 0.2) is 12.9 Å². The summed E-state index contributed by atoms with van der Waals surface area (Å²) >= 11 is 1.63. The second-order valence-corrected chi connectivity index (χ2v) is 9.18. The van der Waals surface area contributed by atoms with E-state index in [1.165, 1.54) is 5.56 Å². The van der Waals surface area contributed by atoms with Crippen molar-refractivity contribution in [2.24, 2.45) is 5.16 Å². The largest absolute Gasteiger partial charge is 0.390 e. The lowest BCUT2D eigenvalue weighted by Crippen LogP contribution is -2.18. The molecule has 32 heavy (non-hydrogen) atoms. The van der Waals surface area contributed by atoms with Gasteiger partial charge in [-0.2, -0.15) is 0 Å². The van der Waals surface area contributed by atoms with Crippen molar-refractivity contribution in [3.8, 4) is 21.1 Å². The third-order valence-corrected chi connectivity index (χ3v) is 7.06. The number of oxime groups is 1. The summed E-state index contributed by atoms with van der Waals surface area (Å²) in [6.07, 6.45) is 6.22. The van der Waals surface area contributed by atoms with Gasteiger partial charge in [-0.15, -0.1) is 11.3 Å². The predicted molar refractivity (Wildman–Crippen MR) is 124 cm³/mol. The van der Waals surface area contributed by atoms with Crippen LogP contribution in [0.5, 0.6) is 0 Å². The van der Waals surface area contributed by atoms with Crippen LogP contribution in [-0.4, -0.2) is 45.8 Å². The summed E-state index contributed by atoms with van der Waals surface area (Å²) in [6, 6.07) is 8.19. The Hall–Kier alpha value is -2.68. The summed E-state index contributed by atoms with van der Waals surface area (Å²) in [4.78, 5) is 20.6.